The van der Waals surface area contributed by atoms with E-state index in [1.807, 2.05) is 0 Å². The van der Waals surface area contributed by atoms with E-state index in [9.17, 15) is 0 Å². The maximum atomic E-state index is 2.30. The second-order valence-corrected chi connectivity index (χ2v) is 5.94. The Morgan fingerprint density at radius 3 is 1.77 bits per heavy atom. The molecule has 0 aromatic rings. The molecule has 2 aliphatic rings. The van der Waals surface area contributed by atoms with Gasteiger partial charge in [0.15, 0.2) is 0 Å². The molecular formula is C12H16Ti-2. The standard InChI is InChI=1S/2C6H7.Ti.2H/c2*1-6-4-2-3-5-6;;;/h2*2,4H,3H2,1H3;;;/q;;;2*-1. The summed E-state index contributed by atoms with van der Waals surface area (Å²) in [5, 5.41) is 0. The largest absolute Gasteiger partial charge is 1.00 e. The molecule has 0 unspecified atom stereocenters. The molecule has 70 valence electrons. The van der Waals surface area contributed by atoms with Crippen LogP contribution in [0.5, 0.6) is 0 Å². The topological polar surface area (TPSA) is 0 Å². The van der Waals surface area contributed by atoms with Gasteiger partial charge in [0.25, 0.3) is 0 Å². The van der Waals surface area contributed by atoms with E-state index in [4.69, 9.17) is 0 Å². The Morgan fingerprint density at radius 2 is 1.46 bits per heavy atom. The fourth-order valence-electron chi connectivity index (χ4n) is 1.71. The minimum Gasteiger partial charge on any atom is -1.00 e. The second kappa shape index (κ2) is 3.81. The second-order valence-electron chi connectivity index (χ2n) is 3.66. The van der Waals surface area contributed by atoms with Gasteiger partial charge in [-0.15, -0.1) is 0 Å². The minimum absolute atomic E-state index is 0. The van der Waals surface area contributed by atoms with Crippen molar-refractivity contribution in [1.82, 2.24) is 0 Å². The Labute approximate surface area is 92.0 Å². The molecule has 0 heterocycles. The van der Waals surface area contributed by atoms with Crippen molar-refractivity contribution in [3.05, 3.63) is 43.2 Å². The number of allylic oxidation sites excluding steroid dienone is 8. The van der Waals surface area contributed by atoms with Crippen LogP contribution in [-0.2, 0) is 19.2 Å². The molecule has 13 heavy (non-hydrogen) atoms. The number of hydrogen-bond acceptors (Lipinski definition) is 0. The van der Waals surface area contributed by atoms with Crippen LogP contribution in [0.2, 0.25) is 0 Å². The molecular weight excluding hydrogens is 192 g/mol. The van der Waals surface area contributed by atoms with E-state index in [0.717, 1.165) is 0 Å². The molecule has 0 amide bonds. The Kier molecular flexibility index (Phi) is 2.71. The van der Waals surface area contributed by atoms with E-state index >= 15 is 0 Å². The zero-order chi connectivity index (χ0) is 9.26. The predicted molar refractivity (Wildman–Crippen MR) is 55.1 cm³/mol. The van der Waals surface area contributed by atoms with Gasteiger partial charge in [0.1, 0.15) is 0 Å². The summed E-state index contributed by atoms with van der Waals surface area (Å²) in [4.78, 5) is 0. The summed E-state index contributed by atoms with van der Waals surface area (Å²) in [5.74, 6) is 0. The van der Waals surface area contributed by atoms with Gasteiger partial charge in [-0.25, -0.2) is 0 Å². The van der Waals surface area contributed by atoms with Gasteiger partial charge in [-0.3, -0.25) is 0 Å². The van der Waals surface area contributed by atoms with Crippen LogP contribution in [0.15, 0.2) is 43.2 Å². The summed E-state index contributed by atoms with van der Waals surface area (Å²) in [6.45, 7) is 4.50. The van der Waals surface area contributed by atoms with Gasteiger partial charge in [-0.1, -0.05) is 0 Å². The molecule has 0 aromatic heterocycles. The monoisotopic (exact) mass is 208 g/mol. The predicted octanol–water partition coefficient (Wildman–Crippen LogP) is 3.76. The molecule has 2 rings (SSSR count). The van der Waals surface area contributed by atoms with Crippen LogP contribution in [0.4, 0.5) is 0 Å². The Morgan fingerprint density at radius 1 is 1.00 bits per heavy atom. The van der Waals surface area contributed by atoms with Crippen molar-refractivity contribution in [3.8, 4) is 0 Å². The molecule has 2 aliphatic carbocycles. The molecule has 0 atom stereocenters. The van der Waals surface area contributed by atoms with Crippen molar-refractivity contribution < 1.29 is 22.0 Å². The molecule has 0 saturated carbocycles. The molecule has 0 aromatic carbocycles. The van der Waals surface area contributed by atoms with Crippen molar-refractivity contribution in [2.24, 2.45) is 0 Å². The van der Waals surface area contributed by atoms with Gasteiger partial charge in [-0.2, -0.15) is 0 Å². The molecule has 0 fully saturated rings. The SMILES string of the molecule is CC1=[C]([Ti][C]2=C(C)C=CC2)CC=C1.[H-].[H-]. The fourth-order valence-corrected chi connectivity index (χ4v) is 3.84. The van der Waals surface area contributed by atoms with Gasteiger partial charge >= 0.3 is 89.0 Å². The third-order valence-corrected chi connectivity index (χ3v) is 5.44. The zero-order valence-electron chi connectivity index (χ0n) is 10.2. The Bertz CT molecular complexity index is 315. The van der Waals surface area contributed by atoms with Crippen LogP contribution in [0.3, 0.4) is 0 Å². The van der Waals surface area contributed by atoms with Crippen molar-refractivity contribution >= 4 is 0 Å². The van der Waals surface area contributed by atoms with E-state index < -0.39 is 0 Å². The summed E-state index contributed by atoms with van der Waals surface area (Å²) in [5.41, 5.74) is 3.07. The maximum Gasteiger partial charge on any atom is -1.00 e. The van der Waals surface area contributed by atoms with Crippen molar-refractivity contribution in [1.29, 1.82) is 0 Å². The first-order valence-electron chi connectivity index (χ1n) is 4.77. The van der Waals surface area contributed by atoms with E-state index in [2.05, 4.69) is 38.2 Å². The summed E-state index contributed by atoms with van der Waals surface area (Å²) in [6.07, 6.45) is 11.6. The van der Waals surface area contributed by atoms with E-state index in [1.165, 1.54) is 24.0 Å². The van der Waals surface area contributed by atoms with E-state index in [-0.39, 0.29) is 22.0 Å². The summed E-state index contributed by atoms with van der Waals surface area (Å²) in [6, 6.07) is 0. The average Bonchev–Trinajstić information content (AvgIpc) is 2.65. The number of rotatable bonds is 2. The summed E-state index contributed by atoms with van der Waals surface area (Å²) in [7, 11) is 0. The van der Waals surface area contributed by atoms with Crippen LogP contribution in [0.1, 0.15) is 29.5 Å². The van der Waals surface area contributed by atoms with Gasteiger partial charge in [0, 0.05) is 0 Å². The van der Waals surface area contributed by atoms with Gasteiger partial charge in [0.05, 0.1) is 0 Å². The summed E-state index contributed by atoms with van der Waals surface area (Å²) >= 11 is 0.0324. The third-order valence-electron chi connectivity index (χ3n) is 2.63. The first-order valence-corrected chi connectivity index (χ1v) is 6.33. The van der Waals surface area contributed by atoms with E-state index in [1.54, 1.807) is 7.76 Å². The zero-order valence-corrected chi connectivity index (χ0v) is 9.79. The Balaban J connectivity index is 0.000000980. The first-order chi connectivity index (χ1) is 6.27. The van der Waals surface area contributed by atoms with Gasteiger partial charge in [0.2, 0.25) is 0 Å². The van der Waals surface area contributed by atoms with Crippen LogP contribution >= 0.6 is 0 Å². The molecule has 0 spiro atoms. The van der Waals surface area contributed by atoms with Crippen LogP contribution in [-0.4, -0.2) is 0 Å². The van der Waals surface area contributed by atoms with Crippen molar-refractivity contribution in [3.63, 3.8) is 0 Å². The van der Waals surface area contributed by atoms with Gasteiger partial charge < -0.3 is 2.85 Å². The van der Waals surface area contributed by atoms with Crippen LogP contribution in [0.25, 0.3) is 0 Å². The average molecular weight is 208 g/mol. The van der Waals surface area contributed by atoms with Crippen molar-refractivity contribution in [2.75, 3.05) is 0 Å². The van der Waals surface area contributed by atoms with Crippen LogP contribution < -0.4 is 0 Å². The normalized spacial score (nSPS) is 20.8. The molecule has 0 nitrogen and oxygen atoms in total. The molecule has 0 N–H and O–H groups in total. The maximum absolute atomic E-state index is 2.30. The summed E-state index contributed by atoms with van der Waals surface area (Å²) < 4.78 is 3.47. The molecule has 0 saturated heterocycles. The minimum atomic E-state index is 0. The molecule has 0 radical (unpaired) electrons. The smallest absolute Gasteiger partial charge is 1.00 e. The molecule has 0 aliphatic heterocycles. The Hall–Kier alpha value is -0.326. The molecule has 1 heteroatoms. The molecule has 0 bridgehead atoms. The van der Waals surface area contributed by atoms with Crippen molar-refractivity contribution in [2.45, 2.75) is 26.7 Å². The fraction of sp³-hybridized carbons (Fsp3) is 0.333. The quantitative estimate of drug-likeness (QED) is 0.606. The van der Waals surface area contributed by atoms with Gasteiger partial charge in [-0.05, 0) is 0 Å². The van der Waals surface area contributed by atoms with E-state index in [0.29, 0.717) is 0 Å². The first kappa shape index (κ1) is 9.24. The van der Waals surface area contributed by atoms with Crippen LogP contribution in [0, 0.1) is 0 Å². The third kappa shape index (κ3) is 1.95. The number of hydrogen-bond donors (Lipinski definition) is 0.